The van der Waals surface area contributed by atoms with Crippen molar-refractivity contribution in [3.05, 3.63) is 64.2 Å². The number of carbonyl (C=O) groups is 1. The summed E-state index contributed by atoms with van der Waals surface area (Å²) in [5.41, 5.74) is 0.875. The van der Waals surface area contributed by atoms with Gasteiger partial charge < -0.3 is 10.1 Å². The summed E-state index contributed by atoms with van der Waals surface area (Å²) >= 11 is 0. The Morgan fingerprint density at radius 2 is 1.74 bits per heavy atom. The topological polar surface area (TPSA) is 116 Å². The van der Waals surface area contributed by atoms with E-state index in [0.717, 1.165) is 29.8 Å². The molecule has 0 aromatic heterocycles. The molecule has 0 radical (unpaired) electrons. The SMILES string of the molecule is Cc1ccc(OCCNC(=O)[C@H](C)S(=O)(=O)c2ccc([N+](=O)[O-])cc2)cc1. The number of amides is 1. The van der Waals surface area contributed by atoms with Crippen LogP contribution in [0.15, 0.2) is 53.4 Å². The third-order valence-electron chi connectivity index (χ3n) is 3.90. The molecule has 0 fully saturated rings. The smallest absolute Gasteiger partial charge is 0.269 e. The molecule has 9 heteroatoms. The molecule has 27 heavy (non-hydrogen) atoms. The Labute approximate surface area is 157 Å². The number of aryl methyl sites for hydroxylation is 1. The maximum atomic E-state index is 12.5. The highest BCUT2D eigenvalue weighted by Crippen LogP contribution is 2.20. The summed E-state index contributed by atoms with van der Waals surface area (Å²) in [4.78, 5) is 22.0. The molecule has 0 saturated carbocycles. The van der Waals surface area contributed by atoms with Crippen molar-refractivity contribution in [3.63, 3.8) is 0 Å². The molecule has 1 amide bonds. The molecule has 0 aliphatic heterocycles. The minimum absolute atomic E-state index is 0.146. The summed E-state index contributed by atoms with van der Waals surface area (Å²) in [6.45, 7) is 3.57. The number of hydrogen-bond acceptors (Lipinski definition) is 6. The zero-order valence-electron chi connectivity index (χ0n) is 14.9. The highest BCUT2D eigenvalue weighted by Gasteiger charge is 2.29. The highest BCUT2D eigenvalue weighted by molar-refractivity contribution is 7.92. The maximum Gasteiger partial charge on any atom is 0.269 e. The van der Waals surface area contributed by atoms with E-state index in [4.69, 9.17) is 4.74 Å². The largest absolute Gasteiger partial charge is 0.492 e. The molecular formula is C18H20N2O6S. The van der Waals surface area contributed by atoms with Gasteiger partial charge in [0.15, 0.2) is 9.84 Å². The molecule has 2 aromatic rings. The van der Waals surface area contributed by atoms with E-state index in [1.54, 1.807) is 12.1 Å². The summed E-state index contributed by atoms with van der Waals surface area (Å²) in [7, 11) is -3.95. The van der Waals surface area contributed by atoms with Crippen molar-refractivity contribution in [2.75, 3.05) is 13.2 Å². The number of nitrogens with zero attached hydrogens (tertiary/aromatic N) is 1. The zero-order valence-corrected chi connectivity index (χ0v) is 15.7. The van der Waals surface area contributed by atoms with Gasteiger partial charge >= 0.3 is 0 Å². The summed E-state index contributed by atoms with van der Waals surface area (Å²) in [6, 6.07) is 11.8. The van der Waals surface area contributed by atoms with Crippen LogP contribution in [-0.2, 0) is 14.6 Å². The first-order chi connectivity index (χ1) is 12.7. The molecule has 0 unspecified atom stereocenters. The molecule has 8 nitrogen and oxygen atoms in total. The number of non-ortho nitro benzene ring substituents is 1. The van der Waals surface area contributed by atoms with Crippen LogP contribution in [0.1, 0.15) is 12.5 Å². The molecule has 144 valence electrons. The van der Waals surface area contributed by atoms with Crippen LogP contribution in [0.5, 0.6) is 5.75 Å². The number of sulfone groups is 1. The number of nitrogens with one attached hydrogen (secondary N) is 1. The summed E-state index contributed by atoms with van der Waals surface area (Å²) < 4.78 is 30.4. The van der Waals surface area contributed by atoms with Gasteiger partial charge in [-0.3, -0.25) is 14.9 Å². The lowest BCUT2D eigenvalue weighted by Gasteiger charge is -2.14. The van der Waals surface area contributed by atoms with Crippen LogP contribution >= 0.6 is 0 Å². The van der Waals surface area contributed by atoms with E-state index in [0.29, 0.717) is 5.75 Å². The first-order valence-electron chi connectivity index (χ1n) is 8.17. The molecular weight excluding hydrogens is 372 g/mol. The second-order valence-corrected chi connectivity index (χ2v) is 8.16. The second-order valence-electron chi connectivity index (χ2n) is 5.89. The van der Waals surface area contributed by atoms with Crippen molar-refractivity contribution in [3.8, 4) is 5.75 Å². The van der Waals surface area contributed by atoms with E-state index in [1.165, 1.54) is 6.92 Å². The van der Waals surface area contributed by atoms with Gasteiger partial charge in [0.05, 0.1) is 16.4 Å². The number of nitro benzene ring substituents is 1. The molecule has 0 aliphatic rings. The van der Waals surface area contributed by atoms with Gasteiger partial charge in [-0.05, 0) is 38.1 Å². The fourth-order valence-electron chi connectivity index (χ4n) is 2.22. The van der Waals surface area contributed by atoms with Crippen molar-refractivity contribution in [1.29, 1.82) is 0 Å². The Hall–Kier alpha value is -2.94. The van der Waals surface area contributed by atoms with Gasteiger partial charge in [0.25, 0.3) is 5.69 Å². The van der Waals surface area contributed by atoms with E-state index in [1.807, 2.05) is 19.1 Å². The molecule has 0 spiro atoms. The van der Waals surface area contributed by atoms with E-state index in [-0.39, 0.29) is 23.7 Å². The van der Waals surface area contributed by atoms with Gasteiger partial charge in [0.1, 0.15) is 17.6 Å². The fraction of sp³-hybridized carbons (Fsp3) is 0.278. The van der Waals surface area contributed by atoms with E-state index >= 15 is 0 Å². The Balaban J connectivity index is 1.90. The second kappa shape index (κ2) is 8.63. The van der Waals surface area contributed by atoms with Crippen LogP contribution in [0.3, 0.4) is 0 Å². The van der Waals surface area contributed by atoms with Gasteiger partial charge in [-0.1, -0.05) is 17.7 Å². The molecule has 1 atom stereocenters. The van der Waals surface area contributed by atoms with E-state index in [2.05, 4.69) is 5.32 Å². The molecule has 0 aliphatic carbocycles. The standard InChI is InChI=1S/C18H20N2O6S/c1-13-3-7-16(8-4-13)26-12-11-19-18(21)14(2)27(24,25)17-9-5-15(6-10-17)20(22)23/h3-10,14H,11-12H2,1-2H3,(H,19,21)/t14-/m0/s1. The fourth-order valence-corrected chi connectivity index (χ4v) is 3.51. The minimum atomic E-state index is -3.95. The van der Waals surface area contributed by atoms with Crippen LogP contribution in [0.25, 0.3) is 0 Å². The van der Waals surface area contributed by atoms with Crippen LogP contribution in [-0.4, -0.2) is 37.6 Å². The lowest BCUT2D eigenvalue weighted by atomic mass is 10.2. The first-order valence-corrected chi connectivity index (χ1v) is 9.72. The van der Waals surface area contributed by atoms with Gasteiger partial charge in [-0.25, -0.2) is 8.42 Å². The molecule has 0 saturated heterocycles. The third kappa shape index (κ3) is 5.27. The Morgan fingerprint density at radius 1 is 1.15 bits per heavy atom. The number of benzene rings is 2. The van der Waals surface area contributed by atoms with E-state index in [9.17, 15) is 23.3 Å². The first kappa shape index (κ1) is 20.4. The van der Waals surface area contributed by atoms with Crippen LogP contribution in [0.4, 0.5) is 5.69 Å². The zero-order chi connectivity index (χ0) is 20.0. The molecule has 0 bridgehead atoms. The van der Waals surface area contributed by atoms with Crippen molar-refractivity contribution < 1.29 is 22.9 Å². The van der Waals surface area contributed by atoms with Crippen LogP contribution in [0.2, 0.25) is 0 Å². The number of hydrogen-bond donors (Lipinski definition) is 1. The predicted molar refractivity (Wildman–Crippen MR) is 99.4 cm³/mol. The molecule has 2 rings (SSSR count). The third-order valence-corrected chi connectivity index (χ3v) is 5.98. The van der Waals surface area contributed by atoms with Crippen molar-refractivity contribution >= 4 is 21.4 Å². The number of ether oxygens (including phenoxy) is 1. The Morgan fingerprint density at radius 3 is 2.30 bits per heavy atom. The molecule has 2 aromatic carbocycles. The lowest BCUT2D eigenvalue weighted by Crippen LogP contribution is -2.39. The summed E-state index contributed by atoms with van der Waals surface area (Å²) in [5.74, 6) is -0.0118. The minimum Gasteiger partial charge on any atom is -0.492 e. The molecule has 0 heterocycles. The molecule has 1 N–H and O–H groups in total. The van der Waals surface area contributed by atoms with Crippen LogP contribution in [0, 0.1) is 17.0 Å². The van der Waals surface area contributed by atoms with Gasteiger partial charge in [0.2, 0.25) is 5.91 Å². The number of carbonyl (C=O) groups excluding carboxylic acids is 1. The lowest BCUT2D eigenvalue weighted by molar-refractivity contribution is -0.384. The van der Waals surface area contributed by atoms with E-state index < -0.39 is 25.9 Å². The number of rotatable bonds is 8. The average molecular weight is 392 g/mol. The van der Waals surface area contributed by atoms with Gasteiger partial charge in [0, 0.05) is 12.1 Å². The van der Waals surface area contributed by atoms with Crippen molar-refractivity contribution in [2.45, 2.75) is 24.0 Å². The monoisotopic (exact) mass is 392 g/mol. The summed E-state index contributed by atoms with van der Waals surface area (Å²) in [6.07, 6.45) is 0. The van der Waals surface area contributed by atoms with Gasteiger partial charge in [-0.15, -0.1) is 0 Å². The maximum absolute atomic E-state index is 12.5. The Bertz CT molecular complexity index is 908. The van der Waals surface area contributed by atoms with Crippen LogP contribution < -0.4 is 10.1 Å². The quantitative estimate of drug-likeness (QED) is 0.418. The van der Waals surface area contributed by atoms with Gasteiger partial charge in [-0.2, -0.15) is 0 Å². The Kier molecular flexibility index (Phi) is 6.51. The predicted octanol–water partition coefficient (Wildman–Crippen LogP) is 2.26. The average Bonchev–Trinajstić information content (AvgIpc) is 2.65. The highest BCUT2D eigenvalue weighted by atomic mass is 32.2. The van der Waals surface area contributed by atoms with Crippen molar-refractivity contribution in [2.24, 2.45) is 0 Å². The normalized spacial score (nSPS) is 12.2. The number of nitro groups is 1. The van der Waals surface area contributed by atoms with Crippen molar-refractivity contribution in [1.82, 2.24) is 5.32 Å². The summed E-state index contributed by atoms with van der Waals surface area (Å²) in [5, 5.41) is 11.8.